The zero-order valence-corrected chi connectivity index (χ0v) is 22.2. The van der Waals surface area contributed by atoms with Gasteiger partial charge in [-0.25, -0.2) is 4.98 Å². The van der Waals surface area contributed by atoms with Gasteiger partial charge in [-0.3, -0.25) is 4.79 Å². The normalized spacial score (nSPS) is 32.3. The van der Waals surface area contributed by atoms with Crippen molar-refractivity contribution in [3.63, 3.8) is 0 Å². The molecule has 0 aromatic carbocycles. The number of hydrogen-bond donors (Lipinski definition) is 2. The Morgan fingerprint density at radius 2 is 2.03 bits per heavy atom. The highest BCUT2D eigenvalue weighted by Gasteiger charge is 2.58. The van der Waals surface area contributed by atoms with Gasteiger partial charge in [-0.05, 0) is 99.0 Å². The van der Waals surface area contributed by atoms with Crippen molar-refractivity contribution in [2.24, 2.45) is 35.6 Å². The Balaban J connectivity index is 1.22. The molecule has 2 heterocycles. The average Bonchev–Trinajstić information content (AvgIpc) is 3.18. The number of nitrogens with one attached hydrogen (secondary N) is 1. The van der Waals surface area contributed by atoms with Crippen molar-refractivity contribution >= 4 is 22.6 Å². The summed E-state index contributed by atoms with van der Waals surface area (Å²) in [5.41, 5.74) is 4.60. The van der Waals surface area contributed by atoms with Gasteiger partial charge in [0.15, 0.2) is 0 Å². The molecule has 0 spiro atoms. The number of allylic oxidation sites excluding steroid dienone is 2. The van der Waals surface area contributed by atoms with Crippen LogP contribution < -0.4 is 5.32 Å². The van der Waals surface area contributed by atoms with Crippen molar-refractivity contribution < 1.29 is 9.90 Å². The van der Waals surface area contributed by atoms with Crippen LogP contribution >= 0.6 is 0 Å². The number of hydrogen-bond acceptors (Lipinski definition) is 3. The van der Waals surface area contributed by atoms with E-state index < -0.39 is 0 Å². The Labute approximate surface area is 210 Å². The first-order valence-corrected chi connectivity index (χ1v) is 13.7. The first-order valence-electron chi connectivity index (χ1n) is 13.7. The van der Waals surface area contributed by atoms with Gasteiger partial charge in [0.2, 0.25) is 5.91 Å². The Hall–Kier alpha value is -2.14. The number of aromatic nitrogens is 2. The largest absolute Gasteiger partial charge is 0.393 e. The molecule has 3 aliphatic rings. The van der Waals surface area contributed by atoms with E-state index in [4.69, 9.17) is 0 Å². The summed E-state index contributed by atoms with van der Waals surface area (Å²) in [5.74, 6) is 2.65. The van der Waals surface area contributed by atoms with E-state index in [0.717, 1.165) is 36.6 Å². The molecule has 2 fully saturated rings. The van der Waals surface area contributed by atoms with E-state index in [1.54, 1.807) is 11.1 Å². The fraction of sp³-hybridized carbons (Fsp3) is 0.667. The van der Waals surface area contributed by atoms with E-state index in [1.807, 2.05) is 36.1 Å². The Bertz CT molecular complexity index is 1150. The minimum atomic E-state index is -0.173. The molecule has 1 amide bonds. The number of aliphatic hydroxyl groups is 1. The van der Waals surface area contributed by atoms with Gasteiger partial charge >= 0.3 is 0 Å². The Kier molecular flexibility index (Phi) is 6.36. The van der Waals surface area contributed by atoms with Crippen molar-refractivity contribution in [2.45, 2.75) is 91.6 Å². The first kappa shape index (κ1) is 24.5. The molecule has 5 heteroatoms. The molecular formula is C30H43N3O2. The SMILES string of the molecule is CC1=C(CCCC(=O)Nc2cc3ccn(C)c3cn2)[C@@H]2CC[C@H]3C(C)(C)[C@@H](O)CC[C@]3(C)[C@H]2CC1. The number of carbonyl (C=O) groups excluding carboxylic acids is 1. The van der Waals surface area contributed by atoms with Crippen molar-refractivity contribution in [3.05, 3.63) is 35.7 Å². The molecule has 0 bridgehead atoms. The van der Waals surface area contributed by atoms with Gasteiger partial charge in [-0.1, -0.05) is 31.9 Å². The number of fused-ring (bicyclic) bond motifs is 4. The topological polar surface area (TPSA) is 67.2 Å². The highest BCUT2D eigenvalue weighted by Crippen LogP contribution is 2.64. The summed E-state index contributed by atoms with van der Waals surface area (Å²) in [4.78, 5) is 17.1. The zero-order chi connectivity index (χ0) is 25.0. The smallest absolute Gasteiger partial charge is 0.225 e. The van der Waals surface area contributed by atoms with Crippen LogP contribution in [0.25, 0.3) is 10.9 Å². The van der Waals surface area contributed by atoms with E-state index >= 15 is 0 Å². The molecule has 5 rings (SSSR count). The third kappa shape index (κ3) is 4.24. The lowest BCUT2D eigenvalue weighted by Gasteiger charge is -2.62. The molecule has 2 N–H and O–H groups in total. The molecule has 3 aliphatic carbocycles. The molecule has 2 aromatic rings. The van der Waals surface area contributed by atoms with Crippen LogP contribution in [0.3, 0.4) is 0 Å². The summed E-state index contributed by atoms with van der Waals surface area (Å²) in [6.07, 6.45) is 13.1. The average molecular weight is 478 g/mol. The van der Waals surface area contributed by atoms with Gasteiger partial charge in [0.1, 0.15) is 5.82 Å². The standard InChI is InChI=1S/C30H43N3O2/c1-19-9-11-23-22(10-12-25-29(2,3)26(34)13-15-30(23,25)4)21(19)7-6-8-28(35)32-27-17-20-14-16-33(5)24(20)18-31-27/h14,16-18,22-23,25-26,34H,6-13,15H2,1-5H3,(H,31,32,35)/t22-,23-,25-,26-,30+/m0/s1. The molecule has 35 heavy (non-hydrogen) atoms. The first-order chi connectivity index (χ1) is 16.6. The minimum Gasteiger partial charge on any atom is -0.393 e. The fourth-order valence-corrected chi connectivity index (χ4v) is 8.30. The molecule has 5 atom stereocenters. The van der Waals surface area contributed by atoms with Crippen molar-refractivity contribution in [2.75, 3.05) is 5.32 Å². The maximum atomic E-state index is 12.7. The molecule has 2 aromatic heterocycles. The second-order valence-electron chi connectivity index (χ2n) is 12.5. The van der Waals surface area contributed by atoms with Gasteiger partial charge in [-0.2, -0.15) is 0 Å². The summed E-state index contributed by atoms with van der Waals surface area (Å²) in [6.45, 7) is 9.46. The van der Waals surface area contributed by atoms with Crippen molar-refractivity contribution in [3.8, 4) is 0 Å². The van der Waals surface area contributed by atoms with Gasteiger partial charge in [-0.15, -0.1) is 0 Å². The van der Waals surface area contributed by atoms with Gasteiger partial charge in [0, 0.05) is 25.1 Å². The molecule has 190 valence electrons. The number of anilines is 1. The van der Waals surface area contributed by atoms with Crippen LogP contribution in [0.5, 0.6) is 0 Å². The van der Waals surface area contributed by atoms with Crippen LogP contribution in [0, 0.1) is 28.6 Å². The van der Waals surface area contributed by atoms with Crippen LogP contribution in [-0.4, -0.2) is 26.7 Å². The minimum absolute atomic E-state index is 0.00320. The number of amides is 1. The van der Waals surface area contributed by atoms with E-state index in [1.165, 1.54) is 25.7 Å². The van der Waals surface area contributed by atoms with Crippen molar-refractivity contribution in [1.82, 2.24) is 9.55 Å². The number of rotatable bonds is 5. The van der Waals surface area contributed by atoms with E-state index in [9.17, 15) is 9.90 Å². The second kappa shape index (κ2) is 9.06. The number of carbonyl (C=O) groups is 1. The summed E-state index contributed by atoms with van der Waals surface area (Å²) in [5, 5.41) is 14.9. The summed E-state index contributed by atoms with van der Waals surface area (Å²) >= 11 is 0. The van der Waals surface area contributed by atoms with Crippen LogP contribution in [0.2, 0.25) is 0 Å². The van der Waals surface area contributed by atoms with Gasteiger partial charge < -0.3 is 15.0 Å². The lowest BCUT2D eigenvalue weighted by Crippen LogP contribution is -2.56. The number of pyridine rings is 1. The molecule has 5 nitrogen and oxygen atoms in total. The summed E-state index contributed by atoms with van der Waals surface area (Å²) in [6, 6.07) is 4.00. The van der Waals surface area contributed by atoms with Crippen LogP contribution in [0.1, 0.15) is 85.5 Å². The molecule has 2 saturated carbocycles. The summed E-state index contributed by atoms with van der Waals surface area (Å²) < 4.78 is 2.03. The fourth-order valence-electron chi connectivity index (χ4n) is 8.30. The molecule has 0 aliphatic heterocycles. The van der Waals surface area contributed by atoms with Gasteiger partial charge in [0.05, 0.1) is 17.8 Å². The third-order valence-electron chi connectivity index (χ3n) is 10.3. The number of aliphatic hydroxyl groups excluding tert-OH is 1. The molecular weight excluding hydrogens is 434 g/mol. The zero-order valence-electron chi connectivity index (χ0n) is 22.2. The van der Waals surface area contributed by atoms with E-state index in [0.29, 0.717) is 35.4 Å². The highest BCUT2D eigenvalue weighted by atomic mass is 16.3. The predicted molar refractivity (Wildman–Crippen MR) is 142 cm³/mol. The Morgan fingerprint density at radius 1 is 1.23 bits per heavy atom. The lowest BCUT2D eigenvalue weighted by molar-refractivity contribution is -0.149. The van der Waals surface area contributed by atoms with Crippen molar-refractivity contribution in [1.29, 1.82) is 0 Å². The Morgan fingerprint density at radius 3 is 2.83 bits per heavy atom. The maximum absolute atomic E-state index is 12.7. The summed E-state index contributed by atoms with van der Waals surface area (Å²) in [7, 11) is 2.00. The third-order valence-corrected chi connectivity index (χ3v) is 10.3. The number of nitrogens with zero attached hydrogens (tertiary/aromatic N) is 2. The quantitative estimate of drug-likeness (QED) is 0.475. The number of aryl methyl sites for hydroxylation is 1. The maximum Gasteiger partial charge on any atom is 0.225 e. The molecule has 0 saturated heterocycles. The monoisotopic (exact) mass is 477 g/mol. The van der Waals surface area contributed by atoms with E-state index in [2.05, 4.69) is 38.0 Å². The van der Waals surface area contributed by atoms with Crippen LogP contribution in [0.15, 0.2) is 35.7 Å². The van der Waals surface area contributed by atoms with Gasteiger partial charge in [0.25, 0.3) is 0 Å². The predicted octanol–water partition coefficient (Wildman–Crippen LogP) is 6.62. The lowest BCUT2D eigenvalue weighted by atomic mass is 9.43. The second-order valence-corrected chi connectivity index (χ2v) is 12.5. The molecule has 0 radical (unpaired) electrons. The highest BCUT2D eigenvalue weighted by molar-refractivity contribution is 5.92. The molecule has 0 unspecified atom stereocenters. The van der Waals surface area contributed by atoms with Crippen LogP contribution in [-0.2, 0) is 11.8 Å². The van der Waals surface area contributed by atoms with E-state index in [-0.39, 0.29) is 17.4 Å². The van der Waals surface area contributed by atoms with Crippen LogP contribution in [0.4, 0.5) is 5.82 Å².